The number of nitrogens with zero attached hydrogens (tertiary/aromatic N) is 2. The van der Waals surface area contributed by atoms with Gasteiger partial charge in [-0.05, 0) is 0 Å². The fraction of sp³-hybridized carbons (Fsp3) is 0. The van der Waals surface area contributed by atoms with Crippen LogP contribution in [0.4, 0.5) is 0 Å². The van der Waals surface area contributed by atoms with Gasteiger partial charge in [0.15, 0.2) is 11.4 Å². The molecule has 1 aromatic heterocycles. The van der Waals surface area contributed by atoms with Gasteiger partial charge in [-0.25, -0.2) is 4.79 Å². The summed E-state index contributed by atoms with van der Waals surface area (Å²) in [6.07, 6.45) is 2.58. The van der Waals surface area contributed by atoms with Crippen LogP contribution >= 0.6 is 0 Å². The maximum atomic E-state index is 10.5. The van der Waals surface area contributed by atoms with Gasteiger partial charge >= 0.3 is 5.97 Å². The van der Waals surface area contributed by atoms with Crippen molar-refractivity contribution in [3.63, 3.8) is 0 Å². The van der Waals surface area contributed by atoms with Crippen molar-refractivity contribution in [2.24, 2.45) is 0 Å². The predicted octanol–water partition coefficient (Wildman–Crippen LogP) is 0.417. The Hall–Kier alpha value is -2.11. The zero-order valence-corrected chi connectivity index (χ0v) is 6.30. The molecule has 0 unspecified atom stereocenters. The highest BCUT2D eigenvalue weighted by Crippen LogP contribution is 2.26. The van der Waals surface area contributed by atoms with Crippen molar-refractivity contribution >= 4 is 5.97 Å². The fourth-order valence-electron chi connectivity index (χ4n) is 0.827. The quantitative estimate of drug-likeness (QED) is 0.674. The van der Waals surface area contributed by atoms with E-state index in [1.165, 1.54) is 18.6 Å². The van der Waals surface area contributed by atoms with E-state index in [0.29, 0.717) is 0 Å². The summed E-state index contributed by atoms with van der Waals surface area (Å²) in [6, 6.07) is 1.24. The fourth-order valence-corrected chi connectivity index (χ4v) is 0.827. The van der Waals surface area contributed by atoms with Gasteiger partial charge in [-0.2, -0.15) is 0 Å². The number of aromatic carboxylic acids is 1. The number of aromatic nitrogens is 2. The third kappa shape index (κ3) is 1.28. The summed E-state index contributed by atoms with van der Waals surface area (Å²) in [5.41, 5.74) is -0.183. The molecule has 1 N–H and O–H groups in total. The minimum absolute atomic E-state index is 0.160. The molecule has 6 nitrogen and oxygen atoms in total. The molecule has 13 heavy (non-hydrogen) atoms. The lowest BCUT2D eigenvalue weighted by atomic mass is 10.3. The molecule has 2 rings (SSSR count). The molecule has 0 radical (unpaired) electrons. The van der Waals surface area contributed by atoms with Crippen molar-refractivity contribution in [3.8, 4) is 11.6 Å². The summed E-state index contributed by atoms with van der Waals surface area (Å²) >= 11 is 0. The van der Waals surface area contributed by atoms with E-state index < -0.39 is 5.97 Å². The number of carboxylic acid groups (broad SMARTS) is 1. The summed E-state index contributed by atoms with van der Waals surface area (Å²) in [7, 11) is 0. The standard InChI is InChI=1S/C7H4N2O4/c10-7(11)4-3-5-6(9-8-4)13-2-1-12-5/h1-3H,(H,10,11). The first-order chi connectivity index (χ1) is 6.27. The number of hydrogen-bond donors (Lipinski definition) is 1. The van der Waals surface area contributed by atoms with E-state index in [4.69, 9.17) is 14.6 Å². The van der Waals surface area contributed by atoms with Crippen LogP contribution in [0.15, 0.2) is 18.6 Å². The molecule has 2 heterocycles. The first kappa shape index (κ1) is 7.53. The zero-order chi connectivity index (χ0) is 9.26. The molecule has 1 aliphatic heterocycles. The Kier molecular flexibility index (Phi) is 1.59. The van der Waals surface area contributed by atoms with Crippen LogP contribution in [0.2, 0.25) is 0 Å². The topological polar surface area (TPSA) is 81.5 Å². The number of carboxylic acids is 1. The monoisotopic (exact) mass is 180 g/mol. The minimum atomic E-state index is -1.16. The van der Waals surface area contributed by atoms with Gasteiger partial charge in [0.2, 0.25) is 0 Å². The molecule has 66 valence electrons. The largest absolute Gasteiger partial charge is 0.476 e. The predicted molar refractivity (Wildman–Crippen MR) is 39.4 cm³/mol. The zero-order valence-electron chi connectivity index (χ0n) is 6.30. The number of ether oxygens (including phenoxy) is 2. The van der Waals surface area contributed by atoms with Crippen molar-refractivity contribution in [2.45, 2.75) is 0 Å². The van der Waals surface area contributed by atoms with Crippen LogP contribution < -0.4 is 9.47 Å². The smallest absolute Gasteiger partial charge is 0.356 e. The molecule has 1 aliphatic rings. The van der Waals surface area contributed by atoms with E-state index in [0.717, 1.165) is 0 Å². The summed E-state index contributed by atoms with van der Waals surface area (Å²) < 4.78 is 9.83. The lowest BCUT2D eigenvalue weighted by molar-refractivity contribution is 0.0688. The number of fused-ring (bicyclic) bond motifs is 1. The first-order valence-electron chi connectivity index (χ1n) is 3.37. The Morgan fingerprint density at radius 2 is 2.08 bits per heavy atom. The molecule has 0 bridgehead atoms. The molecular formula is C7H4N2O4. The van der Waals surface area contributed by atoms with Crippen molar-refractivity contribution in [3.05, 3.63) is 24.3 Å². The molecule has 0 saturated heterocycles. The average molecular weight is 180 g/mol. The van der Waals surface area contributed by atoms with Crippen LogP contribution in [0.5, 0.6) is 11.6 Å². The highest BCUT2D eigenvalue weighted by Gasteiger charge is 2.14. The summed E-state index contributed by atoms with van der Waals surface area (Å²) in [5.74, 6) is -0.754. The third-order valence-corrected chi connectivity index (χ3v) is 1.38. The molecule has 0 spiro atoms. The van der Waals surface area contributed by atoms with Crippen molar-refractivity contribution in [1.82, 2.24) is 10.2 Å². The minimum Gasteiger partial charge on any atom is -0.476 e. The first-order valence-corrected chi connectivity index (χ1v) is 3.37. The van der Waals surface area contributed by atoms with Crippen LogP contribution in [0.1, 0.15) is 10.5 Å². The van der Waals surface area contributed by atoms with E-state index in [-0.39, 0.29) is 17.3 Å². The van der Waals surface area contributed by atoms with Crippen LogP contribution in [-0.2, 0) is 0 Å². The van der Waals surface area contributed by atoms with Crippen LogP contribution in [0.3, 0.4) is 0 Å². The number of hydrogen-bond acceptors (Lipinski definition) is 5. The normalized spacial score (nSPS) is 12.6. The van der Waals surface area contributed by atoms with E-state index >= 15 is 0 Å². The highest BCUT2D eigenvalue weighted by atomic mass is 16.5. The molecule has 1 aromatic rings. The van der Waals surface area contributed by atoms with Gasteiger partial charge in [0.25, 0.3) is 5.88 Å². The Balaban J connectivity index is 2.44. The summed E-state index contributed by atoms with van der Waals surface area (Å²) in [6.45, 7) is 0. The maximum Gasteiger partial charge on any atom is 0.356 e. The molecule has 0 aliphatic carbocycles. The van der Waals surface area contributed by atoms with Crippen LogP contribution in [0.25, 0.3) is 0 Å². The molecule has 6 heteroatoms. The van der Waals surface area contributed by atoms with E-state index in [1.807, 2.05) is 0 Å². The Morgan fingerprint density at radius 3 is 2.85 bits per heavy atom. The maximum absolute atomic E-state index is 10.5. The Bertz CT molecular complexity index is 388. The van der Waals surface area contributed by atoms with Gasteiger partial charge in [-0.3, -0.25) is 0 Å². The van der Waals surface area contributed by atoms with Gasteiger partial charge < -0.3 is 14.6 Å². The summed E-state index contributed by atoms with van der Waals surface area (Å²) in [5, 5.41) is 15.5. The Morgan fingerprint density at radius 1 is 1.31 bits per heavy atom. The van der Waals surface area contributed by atoms with Gasteiger partial charge in [-0.15, -0.1) is 10.2 Å². The highest BCUT2D eigenvalue weighted by molar-refractivity contribution is 5.85. The number of carbonyl (C=O) groups is 1. The van der Waals surface area contributed by atoms with E-state index in [2.05, 4.69) is 10.2 Å². The van der Waals surface area contributed by atoms with E-state index in [9.17, 15) is 4.79 Å². The molecule has 0 amide bonds. The van der Waals surface area contributed by atoms with Crippen molar-refractivity contribution in [2.75, 3.05) is 0 Å². The lowest BCUT2D eigenvalue weighted by Crippen LogP contribution is -2.06. The molecule has 0 saturated carbocycles. The van der Waals surface area contributed by atoms with Gasteiger partial charge in [0.1, 0.15) is 12.5 Å². The second kappa shape index (κ2) is 2.74. The SMILES string of the molecule is O=C(O)c1cc2c(nn1)OC=CO2. The second-order valence-electron chi connectivity index (χ2n) is 2.21. The van der Waals surface area contributed by atoms with Crippen LogP contribution in [-0.4, -0.2) is 21.3 Å². The van der Waals surface area contributed by atoms with Crippen molar-refractivity contribution in [1.29, 1.82) is 0 Å². The molecule has 0 atom stereocenters. The number of rotatable bonds is 1. The third-order valence-electron chi connectivity index (χ3n) is 1.38. The molecular weight excluding hydrogens is 176 g/mol. The second-order valence-corrected chi connectivity index (χ2v) is 2.21. The Labute approximate surface area is 72.4 Å². The molecule has 0 fully saturated rings. The summed E-state index contributed by atoms with van der Waals surface area (Å²) in [4.78, 5) is 10.5. The van der Waals surface area contributed by atoms with Crippen molar-refractivity contribution < 1.29 is 19.4 Å². The lowest BCUT2D eigenvalue weighted by Gasteiger charge is -2.09. The van der Waals surface area contributed by atoms with Gasteiger partial charge in [0.05, 0.1) is 0 Å². The van der Waals surface area contributed by atoms with Gasteiger partial charge in [0, 0.05) is 6.07 Å². The van der Waals surface area contributed by atoms with Crippen LogP contribution in [0, 0.1) is 0 Å². The average Bonchev–Trinajstić information content (AvgIpc) is 2.17. The van der Waals surface area contributed by atoms with E-state index in [1.54, 1.807) is 0 Å². The molecule has 0 aromatic carbocycles. The van der Waals surface area contributed by atoms with Gasteiger partial charge in [-0.1, -0.05) is 0 Å².